The van der Waals surface area contributed by atoms with E-state index in [1.165, 1.54) is 13.8 Å². The summed E-state index contributed by atoms with van der Waals surface area (Å²) in [5.41, 5.74) is 0. The minimum atomic E-state index is -0.447. The largest absolute Gasteiger partial charge is 0.379 e. The maximum atomic E-state index is 10.9. The molecule has 0 heterocycles. The van der Waals surface area contributed by atoms with Gasteiger partial charge in [-0.15, -0.1) is 0 Å². The van der Waals surface area contributed by atoms with Gasteiger partial charge >= 0.3 is 5.97 Å². The predicted octanol–water partition coefficient (Wildman–Crippen LogP) is 1.74. The van der Waals surface area contributed by atoms with E-state index >= 15 is 0 Å². The van der Waals surface area contributed by atoms with Crippen LogP contribution in [0, 0.1) is 0 Å². The zero-order chi connectivity index (χ0) is 10.3. The van der Waals surface area contributed by atoms with Crippen molar-refractivity contribution in [3.63, 3.8) is 0 Å². The molecule has 0 rings (SSSR count). The van der Waals surface area contributed by atoms with Crippen molar-refractivity contribution in [2.45, 2.75) is 26.7 Å². The molecule has 0 aromatic rings. The summed E-state index contributed by atoms with van der Waals surface area (Å²) in [6.45, 7) is 2.69. The quantitative estimate of drug-likeness (QED) is 0.521. The summed E-state index contributed by atoms with van der Waals surface area (Å²) < 4.78 is 4.45. The van der Waals surface area contributed by atoms with E-state index in [9.17, 15) is 14.4 Å². The van der Waals surface area contributed by atoms with Gasteiger partial charge in [0.2, 0.25) is 5.12 Å². The fourth-order valence-corrected chi connectivity index (χ4v) is 1.68. The summed E-state index contributed by atoms with van der Waals surface area (Å²) in [4.78, 5) is 31.7. The molecule has 0 N–H and O–H groups in total. The van der Waals surface area contributed by atoms with E-state index in [1.807, 2.05) is 0 Å². The lowest BCUT2D eigenvalue weighted by Gasteiger charge is -1.96. The van der Waals surface area contributed by atoms with E-state index in [4.69, 9.17) is 0 Å². The van der Waals surface area contributed by atoms with Crippen LogP contribution in [0.2, 0.25) is 0 Å². The molecule has 4 nitrogen and oxygen atoms in total. The highest BCUT2D eigenvalue weighted by Crippen LogP contribution is 2.25. The van der Waals surface area contributed by atoms with Gasteiger partial charge in [-0.2, -0.15) is 0 Å². The van der Waals surface area contributed by atoms with E-state index in [-0.39, 0.29) is 23.7 Å². The van der Waals surface area contributed by atoms with Crippen LogP contribution < -0.4 is 0 Å². The van der Waals surface area contributed by atoms with E-state index < -0.39 is 5.97 Å². The molecule has 74 valence electrons. The van der Waals surface area contributed by atoms with Crippen molar-refractivity contribution in [2.75, 3.05) is 0 Å². The minimum Gasteiger partial charge on any atom is -0.379 e. The average Bonchev–Trinajstić information content (AvgIpc) is 2.00. The van der Waals surface area contributed by atoms with Crippen molar-refractivity contribution in [3.8, 4) is 0 Å². The van der Waals surface area contributed by atoms with Gasteiger partial charge in [-0.3, -0.25) is 9.59 Å². The third kappa shape index (κ3) is 9.42. The third-order valence-electron chi connectivity index (χ3n) is 0.960. The number of hydrogen-bond acceptors (Lipinski definition) is 6. The minimum absolute atomic E-state index is 0.0218. The fraction of sp³-hybridized carbons (Fsp3) is 0.571. The van der Waals surface area contributed by atoms with E-state index in [2.05, 4.69) is 4.18 Å². The molecular formula is C7H10O4S2. The molecule has 0 atom stereocenters. The van der Waals surface area contributed by atoms with Gasteiger partial charge in [0.15, 0.2) is 0 Å². The molecule has 0 fully saturated rings. The summed E-state index contributed by atoms with van der Waals surface area (Å²) in [7, 11) is 0.829. The molecule has 0 aliphatic heterocycles. The molecule has 6 heteroatoms. The van der Waals surface area contributed by atoms with Crippen molar-refractivity contribution in [3.05, 3.63) is 0 Å². The first-order chi connectivity index (χ1) is 6.02. The van der Waals surface area contributed by atoms with Crippen LogP contribution in [-0.4, -0.2) is 16.9 Å². The molecule has 0 unspecified atom stereocenters. The van der Waals surface area contributed by atoms with Crippen LogP contribution in [0.1, 0.15) is 26.7 Å². The van der Waals surface area contributed by atoms with Crippen molar-refractivity contribution in [1.29, 1.82) is 0 Å². The van der Waals surface area contributed by atoms with Crippen LogP contribution in [-0.2, 0) is 18.6 Å². The molecule has 0 aromatic heterocycles. The van der Waals surface area contributed by atoms with Gasteiger partial charge in [0.05, 0.1) is 0 Å². The molecule has 0 aromatic carbocycles. The number of carbonyl (C=O) groups is 3. The van der Waals surface area contributed by atoms with E-state index in [0.29, 0.717) is 0 Å². The average molecular weight is 222 g/mol. The lowest BCUT2D eigenvalue weighted by Crippen LogP contribution is -1.96. The smallest absolute Gasteiger partial charge is 0.315 e. The lowest BCUT2D eigenvalue weighted by atomic mass is 10.2. The van der Waals surface area contributed by atoms with E-state index in [0.717, 1.165) is 21.9 Å². The predicted molar refractivity (Wildman–Crippen MR) is 51.9 cm³/mol. The van der Waals surface area contributed by atoms with Crippen molar-refractivity contribution < 1.29 is 18.6 Å². The summed E-state index contributed by atoms with van der Waals surface area (Å²) >= 11 is 0.727. The van der Waals surface area contributed by atoms with Crippen LogP contribution in [0.4, 0.5) is 0 Å². The Morgan fingerprint density at radius 1 is 1.15 bits per heavy atom. The Morgan fingerprint density at radius 3 is 2.23 bits per heavy atom. The Morgan fingerprint density at radius 2 is 1.77 bits per heavy atom. The first-order valence-electron chi connectivity index (χ1n) is 3.56. The van der Waals surface area contributed by atoms with Gasteiger partial charge in [-0.05, 0) is 6.92 Å². The molecule has 0 radical (unpaired) electrons. The third-order valence-corrected chi connectivity index (χ3v) is 2.69. The summed E-state index contributed by atoms with van der Waals surface area (Å²) in [6.07, 6.45) is 0.431. The molecule has 0 amide bonds. The highest BCUT2D eigenvalue weighted by molar-refractivity contribution is 8.80. The van der Waals surface area contributed by atoms with Gasteiger partial charge < -0.3 is 8.98 Å². The van der Waals surface area contributed by atoms with Crippen LogP contribution in [0.5, 0.6) is 0 Å². The number of rotatable bonds is 5. The normalized spacial score (nSPS) is 9.38. The Bertz CT molecular complexity index is 215. The van der Waals surface area contributed by atoms with Crippen molar-refractivity contribution in [2.24, 2.45) is 0 Å². The highest BCUT2D eigenvalue weighted by atomic mass is 33.1. The van der Waals surface area contributed by atoms with Gasteiger partial charge in [-0.1, -0.05) is 0 Å². The maximum Gasteiger partial charge on any atom is 0.315 e. The highest BCUT2D eigenvalue weighted by Gasteiger charge is 2.06. The van der Waals surface area contributed by atoms with Gasteiger partial charge in [0, 0.05) is 30.6 Å². The molecule has 0 aliphatic rings. The maximum absolute atomic E-state index is 10.9. The fourth-order valence-electron chi connectivity index (χ4n) is 0.423. The zero-order valence-corrected chi connectivity index (χ0v) is 9.00. The molecule has 0 spiro atoms. The Hall–Kier alpha value is -0.490. The first kappa shape index (κ1) is 12.5. The first-order valence-corrected chi connectivity index (χ1v) is 5.64. The second-order valence-electron chi connectivity index (χ2n) is 2.30. The number of ketones is 1. The monoisotopic (exact) mass is 222 g/mol. The topological polar surface area (TPSA) is 60.4 Å². The second kappa shape index (κ2) is 6.97. The SMILES string of the molecule is CC(=O)CCC(=O)SSOC(C)=O. The van der Waals surface area contributed by atoms with Gasteiger partial charge in [0.1, 0.15) is 16.9 Å². The van der Waals surface area contributed by atoms with Crippen molar-refractivity contribution >= 4 is 38.7 Å². The number of hydrogen-bond donors (Lipinski definition) is 0. The zero-order valence-electron chi connectivity index (χ0n) is 7.36. The number of Topliss-reactive ketones (excluding diaryl/α,β-unsaturated/α-hetero) is 1. The Kier molecular flexibility index (Phi) is 6.70. The number of carbonyl (C=O) groups excluding carboxylic acids is 3. The van der Waals surface area contributed by atoms with Gasteiger partial charge in [-0.25, -0.2) is 0 Å². The Labute approximate surface area is 84.4 Å². The molecular weight excluding hydrogens is 212 g/mol. The summed E-state index contributed by atoms with van der Waals surface area (Å²) in [6, 6.07) is 0. The summed E-state index contributed by atoms with van der Waals surface area (Å²) in [5, 5.41) is -0.165. The molecule has 0 saturated heterocycles. The van der Waals surface area contributed by atoms with Crippen LogP contribution in [0.25, 0.3) is 0 Å². The summed E-state index contributed by atoms with van der Waals surface area (Å²) in [5.74, 6) is -0.469. The molecule has 0 aliphatic carbocycles. The Balaban J connectivity index is 3.41. The second-order valence-corrected chi connectivity index (χ2v) is 4.13. The van der Waals surface area contributed by atoms with E-state index in [1.54, 1.807) is 0 Å². The van der Waals surface area contributed by atoms with Crippen molar-refractivity contribution in [1.82, 2.24) is 0 Å². The van der Waals surface area contributed by atoms with Crippen LogP contribution in [0.3, 0.4) is 0 Å². The van der Waals surface area contributed by atoms with Crippen LogP contribution in [0.15, 0.2) is 0 Å². The molecule has 0 bridgehead atoms. The lowest BCUT2D eigenvalue weighted by molar-refractivity contribution is -0.130. The molecule has 0 saturated carbocycles. The molecule has 13 heavy (non-hydrogen) atoms. The van der Waals surface area contributed by atoms with Crippen LogP contribution >= 0.6 is 21.9 Å². The standard InChI is InChI=1S/C7H10O4S2/c1-5(8)3-4-7(10)12-13-11-6(2)9/h3-4H2,1-2H3. The van der Waals surface area contributed by atoms with Gasteiger partial charge in [0.25, 0.3) is 0 Å².